The highest BCUT2D eigenvalue weighted by Crippen LogP contribution is 2.41. The number of amides is 1. The predicted octanol–water partition coefficient (Wildman–Crippen LogP) is 3.58. The van der Waals surface area contributed by atoms with Gasteiger partial charge in [0.2, 0.25) is 5.91 Å². The topological polar surface area (TPSA) is 94.8 Å². The number of aromatic nitrogens is 5. The van der Waals surface area contributed by atoms with Crippen LogP contribution in [0.2, 0.25) is 0 Å². The molecule has 1 amide bonds. The Balaban J connectivity index is 1.61. The van der Waals surface area contributed by atoms with E-state index in [1.54, 1.807) is 29.3 Å². The summed E-state index contributed by atoms with van der Waals surface area (Å²) in [5.41, 5.74) is 3.31. The number of hydrogen-bond acceptors (Lipinski definition) is 7. The summed E-state index contributed by atoms with van der Waals surface area (Å²) in [6.45, 7) is 1.94. The van der Waals surface area contributed by atoms with Gasteiger partial charge < -0.3 is 10.1 Å². The van der Waals surface area contributed by atoms with Crippen LogP contribution < -0.4 is 10.1 Å². The molecule has 3 aromatic heterocycles. The Kier molecular flexibility index (Phi) is 4.51. The molecular formula is C21H18N6O2S. The standard InChI is InChI=1S/C21H18N6O2S/c1-12-19-15(17-7-4-8-30-17)10-18(28)24-20(19)27(26-12)21-23-16(11-22-25-21)13-5-3-6-14(9-13)29-2/h3-9,11,15H,10H2,1-2H3,(H,24,28). The van der Waals surface area contributed by atoms with Crippen molar-refractivity contribution < 1.29 is 9.53 Å². The van der Waals surface area contributed by atoms with Gasteiger partial charge in [-0.3, -0.25) is 4.79 Å². The van der Waals surface area contributed by atoms with E-state index in [2.05, 4.69) is 31.7 Å². The van der Waals surface area contributed by atoms with E-state index in [9.17, 15) is 4.79 Å². The van der Waals surface area contributed by atoms with Gasteiger partial charge in [0.05, 0.1) is 24.7 Å². The molecule has 1 aromatic carbocycles. The van der Waals surface area contributed by atoms with Crippen molar-refractivity contribution in [3.05, 3.63) is 64.1 Å². The predicted molar refractivity (Wildman–Crippen MR) is 113 cm³/mol. The molecule has 1 unspecified atom stereocenters. The Morgan fingerprint density at radius 2 is 2.17 bits per heavy atom. The molecule has 150 valence electrons. The molecule has 0 aliphatic carbocycles. The number of anilines is 1. The molecule has 0 radical (unpaired) electrons. The number of carbonyl (C=O) groups excluding carboxylic acids is 1. The minimum absolute atomic E-state index is 0.0305. The van der Waals surface area contributed by atoms with Crippen molar-refractivity contribution in [2.45, 2.75) is 19.3 Å². The second kappa shape index (κ2) is 7.34. The summed E-state index contributed by atoms with van der Waals surface area (Å²) in [7, 11) is 1.62. The van der Waals surface area contributed by atoms with Gasteiger partial charge in [0.1, 0.15) is 11.6 Å². The third-order valence-electron chi connectivity index (χ3n) is 5.09. The summed E-state index contributed by atoms with van der Waals surface area (Å²) >= 11 is 1.64. The zero-order valence-electron chi connectivity index (χ0n) is 16.4. The second-order valence-electron chi connectivity index (χ2n) is 6.95. The number of nitrogens with zero attached hydrogens (tertiary/aromatic N) is 5. The minimum Gasteiger partial charge on any atom is -0.497 e. The van der Waals surface area contributed by atoms with Crippen LogP contribution in [0.3, 0.4) is 0 Å². The van der Waals surface area contributed by atoms with Gasteiger partial charge in [0.25, 0.3) is 5.95 Å². The van der Waals surface area contributed by atoms with Crippen LogP contribution in [0.1, 0.15) is 28.5 Å². The lowest BCUT2D eigenvalue weighted by atomic mass is 9.91. The number of benzene rings is 1. The van der Waals surface area contributed by atoms with E-state index in [1.165, 1.54) is 0 Å². The van der Waals surface area contributed by atoms with Crippen LogP contribution in [0.15, 0.2) is 48.0 Å². The zero-order valence-corrected chi connectivity index (χ0v) is 17.2. The lowest BCUT2D eigenvalue weighted by Crippen LogP contribution is -2.25. The molecule has 0 spiro atoms. The molecule has 9 heteroatoms. The van der Waals surface area contributed by atoms with Gasteiger partial charge in [-0.25, -0.2) is 4.98 Å². The Morgan fingerprint density at radius 1 is 1.27 bits per heavy atom. The molecular weight excluding hydrogens is 400 g/mol. The average molecular weight is 418 g/mol. The van der Waals surface area contributed by atoms with E-state index in [0.29, 0.717) is 23.9 Å². The van der Waals surface area contributed by atoms with Gasteiger partial charge in [-0.15, -0.1) is 16.4 Å². The van der Waals surface area contributed by atoms with Crippen LogP contribution in [0.4, 0.5) is 5.82 Å². The van der Waals surface area contributed by atoms with Gasteiger partial charge in [0.15, 0.2) is 0 Å². The first-order valence-electron chi connectivity index (χ1n) is 9.41. The second-order valence-corrected chi connectivity index (χ2v) is 7.93. The maximum atomic E-state index is 12.5. The Hall–Kier alpha value is -3.59. The van der Waals surface area contributed by atoms with E-state index < -0.39 is 0 Å². The fraction of sp³-hybridized carbons (Fsp3) is 0.190. The molecule has 1 N–H and O–H groups in total. The molecule has 30 heavy (non-hydrogen) atoms. The van der Waals surface area contributed by atoms with Crippen molar-refractivity contribution in [2.75, 3.05) is 12.4 Å². The molecule has 0 bridgehead atoms. The molecule has 1 atom stereocenters. The van der Waals surface area contributed by atoms with Crippen LogP contribution in [0.5, 0.6) is 5.75 Å². The highest BCUT2D eigenvalue weighted by atomic mass is 32.1. The molecule has 1 aliphatic heterocycles. The smallest absolute Gasteiger partial charge is 0.272 e. The Bertz CT molecular complexity index is 1230. The summed E-state index contributed by atoms with van der Waals surface area (Å²) in [4.78, 5) is 18.2. The first-order valence-corrected chi connectivity index (χ1v) is 10.3. The monoisotopic (exact) mass is 418 g/mol. The number of fused-ring (bicyclic) bond motifs is 1. The molecule has 5 rings (SSSR count). The fourth-order valence-electron chi connectivity index (χ4n) is 3.73. The number of thiophene rings is 1. The van der Waals surface area contributed by atoms with Gasteiger partial charge >= 0.3 is 0 Å². The quantitative estimate of drug-likeness (QED) is 0.544. The average Bonchev–Trinajstić information content (AvgIpc) is 3.42. The van der Waals surface area contributed by atoms with Crippen LogP contribution in [0, 0.1) is 6.92 Å². The molecule has 0 saturated heterocycles. The Labute approximate surface area is 176 Å². The van der Waals surface area contributed by atoms with Crippen molar-refractivity contribution in [3.8, 4) is 23.0 Å². The lowest BCUT2D eigenvalue weighted by Gasteiger charge is -2.22. The van der Waals surface area contributed by atoms with Crippen LogP contribution in [-0.4, -0.2) is 38.0 Å². The number of ether oxygens (including phenoxy) is 1. The molecule has 0 saturated carbocycles. The van der Waals surface area contributed by atoms with Gasteiger partial charge in [-0.2, -0.15) is 14.9 Å². The summed E-state index contributed by atoms with van der Waals surface area (Å²) in [5, 5.41) is 17.9. The van der Waals surface area contributed by atoms with Gasteiger partial charge in [-0.05, 0) is 30.5 Å². The lowest BCUT2D eigenvalue weighted by molar-refractivity contribution is -0.116. The number of carbonyl (C=O) groups is 1. The van der Waals surface area contributed by atoms with Crippen molar-refractivity contribution in [1.29, 1.82) is 0 Å². The van der Waals surface area contributed by atoms with Crippen LogP contribution >= 0.6 is 11.3 Å². The summed E-state index contributed by atoms with van der Waals surface area (Å²) in [6.07, 6.45) is 1.98. The normalized spacial score (nSPS) is 15.5. The van der Waals surface area contributed by atoms with Crippen molar-refractivity contribution in [1.82, 2.24) is 25.0 Å². The summed E-state index contributed by atoms with van der Waals surface area (Å²) in [5.74, 6) is 1.54. The third kappa shape index (κ3) is 3.13. The van der Waals surface area contributed by atoms with E-state index in [4.69, 9.17) is 4.74 Å². The SMILES string of the molecule is COc1cccc(-c2cnnc(-n3nc(C)c4c3NC(=O)CC4c3cccs3)n2)c1. The molecule has 4 aromatic rings. The zero-order chi connectivity index (χ0) is 20.7. The molecule has 1 aliphatic rings. The van der Waals surface area contributed by atoms with Crippen molar-refractivity contribution in [2.24, 2.45) is 0 Å². The highest BCUT2D eigenvalue weighted by molar-refractivity contribution is 7.10. The number of nitrogens with one attached hydrogen (secondary N) is 1. The molecule has 0 fully saturated rings. The largest absolute Gasteiger partial charge is 0.497 e. The van der Waals surface area contributed by atoms with E-state index in [1.807, 2.05) is 42.6 Å². The maximum absolute atomic E-state index is 12.5. The maximum Gasteiger partial charge on any atom is 0.272 e. The summed E-state index contributed by atoms with van der Waals surface area (Å²) < 4.78 is 6.87. The van der Waals surface area contributed by atoms with Crippen LogP contribution in [-0.2, 0) is 4.79 Å². The van der Waals surface area contributed by atoms with Gasteiger partial charge in [-0.1, -0.05) is 18.2 Å². The first-order chi connectivity index (χ1) is 14.6. The summed E-state index contributed by atoms with van der Waals surface area (Å²) in [6, 6.07) is 11.6. The number of aryl methyl sites for hydroxylation is 1. The van der Waals surface area contributed by atoms with Gasteiger partial charge in [0, 0.05) is 28.3 Å². The number of methoxy groups -OCH3 is 1. The van der Waals surface area contributed by atoms with Crippen molar-refractivity contribution in [3.63, 3.8) is 0 Å². The number of hydrogen-bond donors (Lipinski definition) is 1. The van der Waals surface area contributed by atoms with E-state index >= 15 is 0 Å². The molecule has 8 nitrogen and oxygen atoms in total. The molecule has 4 heterocycles. The first kappa shape index (κ1) is 18.4. The van der Waals surface area contributed by atoms with E-state index in [0.717, 1.165) is 27.4 Å². The van der Waals surface area contributed by atoms with Crippen molar-refractivity contribution >= 4 is 23.1 Å². The minimum atomic E-state index is -0.0565. The Morgan fingerprint density at radius 3 is 2.97 bits per heavy atom. The third-order valence-corrected chi connectivity index (χ3v) is 6.08. The number of rotatable bonds is 4. The highest BCUT2D eigenvalue weighted by Gasteiger charge is 2.33. The van der Waals surface area contributed by atoms with Crippen LogP contribution in [0.25, 0.3) is 17.2 Å². The fourth-order valence-corrected chi connectivity index (χ4v) is 4.57. The van der Waals surface area contributed by atoms with E-state index in [-0.39, 0.29) is 11.8 Å².